The smallest absolute Gasteiger partial charge is 0.229 e. The van der Waals surface area contributed by atoms with Crippen molar-refractivity contribution >= 4 is 29.1 Å². The Morgan fingerprint density at radius 2 is 1.81 bits per heavy atom. The number of hydrogen-bond donors (Lipinski definition) is 2. The van der Waals surface area contributed by atoms with Crippen molar-refractivity contribution in [3.8, 4) is 5.75 Å². The van der Waals surface area contributed by atoms with Gasteiger partial charge < -0.3 is 15.4 Å². The molecule has 2 aromatic carbocycles. The Bertz CT molecular complexity index is 895. The van der Waals surface area contributed by atoms with Gasteiger partial charge in [-0.25, -0.2) is 4.98 Å². The molecule has 138 valence electrons. The first-order valence-corrected chi connectivity index (χ1v) is 8.95. The largest absolute Gasteiger partial charge is 0.489 e. The summed E-state index contributed by atoms with van der Waals surface area (Å²) in [7, 11) is 0. The van der Waals surface area contributed by atoms with Gasteiger partial charge in [-0.05, 0) is 48.9 Å². The lowest BCUT2D eigenvalue weighted by Gasteiger charge is -2.10. The lowest BCUT2D eigenvalue weighted by atomic mass is 10.2. The van der Waals surface area contributed by atoms with Gasteiger partial charge in [0.15, 0.2) is 0 Å². The second-order valence-electron chi connectivity index (χ2n) is 5.95. The number of nitrogens with zero attached hydrogens (tertiary/aromatic N) is 2. The Morgan fingerprint density at radius 3 is 2.52 bits per heavy atom. The first-order chi connectivity index (χ1) is 13.1. The minimum absolute atomic E-state index is 0.489. The average molecular weight is 381 g/mol. The molecule has 27 heavy (non-hydrogen) atoms. The van der Waals surface area contributed by atoms with Crippen molar-refractivity contribution in [3.63, 3.8) is 0 Å². The van der Waals surface area contributed by atoms with Gasteiger partial charge in [0.05, 0.1) is 0 Å². The van der Waals surface area contributed by atoms with Crippen LogP contribution in [0.2, 0.25) is 5.02 Å². The van der Waals surface area contributed by atoms with E-state index >= 15 is 0 Å². The van der Waals surface area contributed by atoms with Crippen molar-refractivity contribution in [1.82, 2.24) is 9.97 Å². The third-order valence-electron chi connectivity index (χ3n) is 3.71. The molecule has 1 heterocycles. The lowest BCUT2D eigenvalue weighted by Crippen LogP contribution is -2.05. The minimum Gasteiger partial charge on any atom is -0.489 e. The van der Waals surface area contributed by atoms with E-state index in [0.717, 1.165) is 33.5 Å². The van der Waals surface area contributed by atoms with E-state index in [1.54, 1.807) is 6.08 Å². The second-order valence-corrected chi connectivity index (χ2v) is 6.39. The highest BCUT2D eigenvalue weighted by molar-refractivity contribution is 6.30. The van der Waals surface area contributed by atoms with E-state index in [1.807, 2.05) is 61.5 Å². The molecule has 5 nitrogen and oxygen atoms in total. The van der Waals surface area contributed by atoms with Gasteiger partial charge in [0.2, 0.25) is 5.95 Å². The fourth-order valence-electron chi connectivity index (χ4n) is 2.40. The van der Waals surface area contributed by atoms with Crippen molar-refractivity contribution in [2.75, 3.05) is 17.2 Å². The van der Waals surface area contributed by atoms with Crippen LogP contribution in [0.15, 0.2) is 67.3 Å². The van der Waals surface area contributed by atoms with Crippen LogP contribution in [-0.2, 0) is 6.61 Å². The van der Waals surface area contributed by atoms with Gasteiger partial charge in [0.25, 0.3) is 0 Å². The summed E-state index contributed by atoms with van der Waals surface area (Å²) in [5, 5.41) is 7.10. The molecule has 0 aliphatic carbocycles. The number of ether oxygens (including phenoxy) is 1. The van der Waals surface area contributed by atoms with Gasteiger partial charge >= 0.3 is 0 Å². The van der Waals surface area contributed by atoms with Gasteiger partial charge in [-0.1, -0.05) is 29.8 Å². The molecule has 0 aliphatic heterocycles. The molecule has 0 spiro atoms. The zero-order valence-electron chi connectivity index (χ0n) is 15.1. The molecule has 3 aromatic rings. The number of nitrogens with one attached hydrogen (secondary N) is 2. The summed E-state index contributed by atoms with van der Waals surface area (Å²) in [6, 6.07) is 17.2. The molecule has 1 aromatic heterocycles. The summed E-state index contributed by atoms with van der Waals surface area (Å²) >= 11 is 5.89. The SMILES string of the molecule is C=CCNc1cc(C)nc(Nc2ccc(OCc3ccc(Cl)cc3)cc2)n1. The zero-order valence-corrected chi connectivity index (χ0v) is 15.8. The fourth-order valence-corrected chi connectivity index (χ4v) is 2.53. The summed E-state index contributed by atoms with van der Waals surface area (Å²) in [4.78, 5) is 8.86. The quantitative estimate of drug-likeness (QED) is 0.515. The predicted molar refractivity (Wildman–Crippen MR) is 111 cm³/mol. The maximum atomic E-state index is 5.89. The molecular formula is C21H21ClN4O. The van der Waals surface area contributed by atoms with Gasteiger partial charge in [-0.2, -0.15) is 4.98 Å². The Kier molecular flexibility index (Phi) is 6.28. The van der Waals surface area contributed by atoms with Crippen molar-refractivity contribution < 1.29 is 4.74 Å². The van der Waals surface area contributed by atoms with E-state index in [0.29, 0.717) is 19.1 Å². The predicted octanol–water partition coefficient (Wildman–Crippen LogP) is 5.36. The highest BCUT2D eigenvalue weighted by Gasteiger charge is 2.03. The van der Waals surface area contributed by atoms with Gasteiger partial charge in [-0.3, -0.25) is 0 Å². The van der Waals surface area contributed by atoms with Gasteiger partial charge in [0.1, 0.15) is 18.2 Å². The molecule has 0 saturated heterocycles. The van der Waals surface area contributed by atoms with E-state index in [4.69, 9.17) is 16.3 Å². The Hall–Kier alpha value is -3.05. The summed E-state index contributed by atoms with van der Waals surface area (Å²) in [5.74, 6) is 2.08. The van der Waals surface area contributed by atoms with Crippen LogP contribution in [0.25, 0.3) is 0 Å². The molecular weight excluding hydrogens is 360 g/mol. The number of anilines is 3. The molecule has 6 heteroatoms. The first-order valence-electron chi connectivity index (χ1n) is 8.57. The van der Waals surface area contributed by atoms with Crippen LogP contribution in [0.5, 0.6) is 5.75 Å². The summed E-state index contributed by atoms with van der Waals surface area (Å²) in [5.41, 5.74) is 2.82. The molecule has 0 amide bonds. The lowest BCUT2D eigenvalue weighted by molar-refractivity contribution is 0.306. The summed E-state index contributed by atoms with van der Waals surface area (Å²) in [6.07, 6.45) is 1.79. The van der Waals surface area contributed by atoms with E-state index in [-0.39, 0.29) is 0 Å². The second kappa shape index (κ2) is 9.05. The molecule has 0 unspecified atom stereocenters. The van der Waals surface area contributed by atoms with E-state index in [2.05, 4.69) is 27.2 Å². The maximum Gasteiger partial charge on any atom is 0.229 e. The number of halogens is 1. The normalized spacial score (nSPS) is 10.3. The number of aryl methyl sites for hydroxylation is 1. The zero-order chi connectivity index (χ0) is 19.1. The standard InChI is InChI=1S/C21H21ClN4O/c1-3-12-23-20-13-15(2)24-21(26-20)25-18-8-10-19(11-9-18)27-14-16-4-6-17(22)7-5-16/h3-11,13H,1,12,14H2,2H3,(H2,23,24,25,26). The number of benzene rings is 2. The average Bonchev–Trinajstić information content (AvgIpc) is 2.67. The third kappa shape index (κ3) is 5.72. The molecule has 0 radical (unpaired) electrons. The van der Waals surface area contributed by atoms with Crippen LogP contribution in [0, 0.1) is 6.92 Å². The highest BCUT2D eigenvalue weighted by atomic mass is 35.5. The first kappa shape index (κ1) is 18.7. The minimum atomic E-state index is 0.489. The number of hydrogen-bond acceptors (Lipinski definition) is 5. The van der Waals surface area contributed by atoms with Crippen molar-refractivity contribution in [1.29, 1.82) is 0 Å². The Balaban J connectivity index is 1.61. The Labute approximate surface area is 164 Å². The molecule has 2 N–H and O–H groups in total. The van der Waals surface area contributed by atoms with Gasteiger partial charge in [-0.15, -0.1) is 6.58 Å². The highest BCUT2D eigenvalue weighted by Crippen LogP contribution is 2.20. The van der Waals surface area contributed by atoms with Gasteiger partial charge in [0, 0.05) is 29.0 Å². The van der Waals surface area contributed by atoms with Crippen LogP contribution in [-0.4, -0.2) is 16.5 Å². The Morgan fingerprint density at radius 1 is 1.07 bits per heavy atom. The van der Waals surface area contributed by atoms with Crippen LogP contribution in [0.4, 0.5) is 17.5 Å². The number of aromatic nitrogens is 2. The monoisotopic (exact) mass is 380 g/mol. The van der Waals surface area contributed by atoms with Crippen molar-refractivity contribution in [2.45, 2.75) is 13.5 Å². The number of rotatable bonds is 8. The maximum absolute atomic E-state index is 5.89. The van der Waals surface area contributed by atoms with Crippen LogP contribution in [0.1, 0.15) is 11.3 Å². The van der Waals surface area contributed by atoms with E-state index in [1.165, 1.54) is 0 Å². The topological polar surface area (TPSA) is 59.1 Å². The van der Waals surface area contributed by atoms with Crippen LogP contribution < -0.4 is 15.4 Å². The molecule has 0 bridgehead atoms. The molecule has 0 fully saturated rings. The third-order valence-corrected chi connectivity index (χ3v) is 3.96. The van der Waals surface area contributed by atoms with Crippen molar-refractivity contribution in [2.24, 2.45) is 0 Å². The molecule has 0 atom stereocenters. The summed E-state index contributed by atoms with van der Waals surface area (Å²) < 4.78 is 5.80. The van der Waals surface area contributed by atoms with E-state index in [9.17, 15) is 0 Å². The molecule has 0 saturated carbocycles. The molecule has 3 rings (SSSR count). The van der Waals surface area contributed by atoms with Crippen LogP contribution >= 0.6 is 11.6 Å². The van der Waals surface area contributed by atoms with E-state index < -0.39 is 0 Å². The van der Waals surface area contributed by atoms with Crippen molar-refractivity contribution in [3.05, 3.63) is 83.5 Å². The van der Waals surface area contributed by atoms with Crippen LogP contribution in [0.3, 0.4) is 0 Å². The fraction of sp³-hybridized carbons (Fsp3) is 0.143. The summed E-state index contributed by atoms with van der Waals surface area (Å²) in [6.45, 7) is 6.76. The molecule has 0 aliphatic rings.